The van der Waals surface area contributed by atoms with E-state index in [2.05, 4.69) is 5.32 Å². The Morgan fingerprint density at radius 1 is 1.39 bits per heavy atom. The Morgan fingerprint density at radius 2 is 2.00 bits per heavy atom. The zero-order valence-electron chi connectivity index (χ0n) is 11.8. The molecule has 3 unspecified atom stereocenters. The molecular formula is C14H26N2O2. The van der Waals surface area contributed by atoms with Crippen LogP contribution in [0.25, 0.3) is 0 Å². The summed E-state index contributed by atoms with van der Waals surface area (Å²) in [6, 6.07) is 1.34. The Hall–Kier alpha value is -0.610. The van der Waals surface area contributed by atoms with Gasteiger partial charge >= 0.3 is 0 Å². The number of hydrogen-bond donors (Lipinski definition) is 1. The number of carbonyl (C=O) groups excluding carboxylic acids is 1. The predicted octanol–water partition coefficient (Wildman–Crippen LogP) is 1.40. The number of methoxy groups -OCH3 is 1. The lowest BCUT2D eigenvalue weighted by Gasteiger charge is -2.30. The van der Waals surface area contributed by atoms with Crippen molar-refractivity contribution >= 4 is 5.91 Å². The van der Waals surface area contributed by atoms with Crippen molar-refractivity contribution in [2.45, 2.75) is 57.2 Å². The minimum absolute atomic E-state index is 0.114. The lowest BCUT2D eigenvalue weighted by Crippen LogP contribution is -2.41. The lowest BCUT2D eigenvalue weighted by molar-refractivity contribution is -0.132. The van der Waals surface area contributed by atoms with Gasteiger partial charge in [0, 0.05) is 39.2 Å². The first kappa shape index (κ1) is 13.8. The minimum atomic E-state index is 0.114. The molecule has 2 bridgehead atoms. The third kappa shape index (κ3) is 3.45. The topological polar surface area (TPSA) is 41.6 Å². The Bertz CT molecular complexity index is 284. The molecule has 0 saturated carbocycles. The second-order valence-electron chi connectivity index (χ2n) is 6.00. The van der Waals surface area contributed by atoms with Crippen LogP contribution in [0.4, 0.5) is 0 Å². The van der Waals surface area contributed by atoms with Gasteiger partial charge in [-0.15, -0.1) is 0 Å². The van der Waals surface area contributed by atoms with Crippen molar-refractivity contribution in [3.63, 3.8) is 0 Å². The van der Waals surface area contributed by atoms with Crippen LogP contribution in [0.1, 0.15) is 39.0 Å². The summed E-state index contributed by atoms with van der Waals surface area (Å²) in [6.07, 6.45) is 5.77. The molecule has 2 rings (SSSR count). The molecular weight excluding hydrogens is 228 g/mol. The number of nitrogens with zero attached hydrogens (tertiary/aromatic N) is 1. The zero-order valence-corrected chi connectivity index (χ0v) is 11.8. The highest BCUT2D eigenvalue weighted by Gasteiger charge is 2.34. The number of carbonyl (C=O) groups is 1. The molecule has 2 aliphatic rings. The normalized spacial score (nSPS) is 32.3. The van der Waals surface area contributed by atoms with E-state index in [1.165, 1.54) is 25.7 Å². The van der Waals surface area contributed by atoms with Gasteiger partial charge in [-0.3, -0.25) is 4.79 Å². The number of amides is 1. The van der Waals surface area contributed by atoms with Crippen LogP contribution in [0.3, 0.4) is 0 Å². The van der Waals surface area contributed by atoms with Crippen LogP contribution in [-0.2, 0) is 9.53 Å². The van der Waals surface area contributed by atoms with Crippen molar-refractivity contribution in [3.05, 3.63) is 0 Å². The largest absolute Gasteiger partial charge is 0.380 e. The molecule has 104 valence electrons. The summed E-state index contributed by atoms with van der Waals surface area (Å²) >= 11 is 0. The monoisotopic (exact) mass is 254 g/mol. The Labute approximate surface area is 110 Å². The molecule has 0 aromatic heterocycles. The second-order valence-corrected chi connectivity index (χ2v) is 6.00. The van der Waals surface area contributed by atoms with E-state index in [1.807, 2.05) is 18.9 Å². The number of rotatable bonds is 5. The smallest absolute Gasteiger partial charge is 0.222 e. The highest BCUT2D eigenvalue weighted by Crippen LogP contribution is 2.32. The Balaban J connectivity index is 1.76. The predicted molar refractivity (Wildman–Crippen MR) is 71.4 cm³/mol. The van der Waals surface area contributed by atoms with Crippen LogP contribution in [0.15, 0.2) is 0 Å². The van der Waals surface area contributed by atoms with Gasteiger partial charge in [-0.05, 0) is 38.5 Å². The highest BCUT2D eigenvalue weighted by molar-refractivity contribution is 5.76. The molecule has 1 amide bonds. The fraction of sp³-hybridized carbons (Fsp3) is 0.929. The summed E-state index contributed by atoms with van der Waals surface area (Å²) in [5.74, 6) is 0.849. The average molecular weight is 254 g/mol. The van der Waals surface area contributed by atoms with Crippen LogP contribution < -0.4 is 5.32 Å². The third-order valence-corrected chi connectivity index (χ3v) is 4.39. The first-order valence-corrected chi connectivity index (χ1v) is 7.11. The first-order valence-electron chi connectivity index (χ1n) is 7.11. The summed E-state index contributed by atoms with van der Waals surface area (Å²) in [7, 11) is 3.57. The maximum atomic E-state index is 12.1. The summed E-state index contributed by atoms with van der Waals surface area (Å²) in [5, 5.41) is 3.62. The molecule has 0 spiro atoms. The third-order valence-electron chi connectivity index (χ3n) is 4.39. The van der Waals surface area contributed by atoms with Gasteiger partial charge in [0.05, 0.1) is 6.10 Å². The van der Waals surface area contributed by atoms with Crippen molar-refractivity contribution in [2.75, 3.05) is 20.7 Å². The fourth-order valence-electron chi connectivity index (χ4n) is 3.31. The molecule has 2 saturated heterocycles. The molecule has 4 heteroatoms. The van der Waals surface area contributed by atoms with Crippen molar-refractivity contribution in [3.8, 4) is 0 Å². The Kier molecular flexibility index (Phi) is 4.62. The molecule has 2 fully saturated rings. The van der Waals surface area contributed by atoms with Crippen LogP contribution in [0.5, 0.6) is 0 Å². The van der Waals surface area contributed by atoms with Crippen LogP contribution in [-0.4, -0.2) is 49.7 Å². The number of piperidine rings is 1. The second kappa shape index (κ2) is 6.02. The van der Waals surface area contributed by atoms with Gasteiger partial charge in [-0.1, -0.05) is 0 Å². The Morgan fingerprint density at radius 3 is 2.56 bits per heavy atom. The van der Waals surface area contributed by atoms with Gasteiger partial charge < -0.3 is 15.0 Å². The molecule has 0 aromatic carbocycles. The van der Waals surface area contributed by atoms with E-state index in [0.29, 0.717) is 31.0 Å². The van der Waals surface area contributed by atoms with Crippen LogP contribution in [0, 0.1) is 5.92 Å². The van der Waals surface area contributed by atoms with E-state index in [1.54, 1.807) is 7.11 Å². The minimum Gasteiger partial charge on any atom is -0.380 e. The van der Waals surface area contributed by atoms with Gasteiger partial charge in [0.1, 0.15) is 0 Å². The number of nitrogens with one attached hydrogen (secondary N) is 1. The molecule has 4 nitrogen and oxygen atoms in total. The molecule has 18 heavy (non-hydrogen) atoms. The molecule has 2 heterocycles. The van der Waals surface area contributed by atoms with Gasteiger partial charge in [0.2, 0.25) is 5.91 Å². The number of likely N-dealkylation sites (N-methyl/N-ethyl adjacent to an activating group) is 1. The molecule has 1 N–H and O–H groups in total. The number of hydrogen-bond acceptors (Lipinski definition) is 3. The zero-order chi connectivity index (χ0) is 13.1. The lowest BCUT2D eigenvalue weighted by atomic mass is 9.89. The van der Waals surface area contributed by atoms with E-state index in [9.17, 15) is 4.79 Å². The van der Waals surface area contributed by atoms with E-state index < -0.39 is 0 Å². The van der Waals surface area contributed by atoms with Crippen molar-refractivity contribution in [1.82, 2.24) is 10.2 Å². The van der Waals surface area contributed by atoms with Crippen LogP contribution >= 0.6 is 0 Å². The number of ether oxygens (including phenoxy) is 1. The summed E-state index contributed by atoms with van der Waals surface area (Å²) in [4.78, 5) is 14.0. The fourth-order valence-corrected chi connectivity index (χ4v) is 3.31. The quantitative estimate of drug-likeness (QED) is 0.806. The average Bonchev–Trinajstić information content (AvgIpc) is 2.68. The summed E-state index contributed by atoms with van der Waals surface area (Å²) in [5.41, 5.74) is 0. The maximum Gasteiger partial charge on any atom is 0.222 e. The SMILES string of the molecule is COC(C)CN(C)C(=O)CC1CC2CCC(C1)N2. The van der Waals surface area contributed by atoms with Gasteiger partial charge in [-0.2, -0.15) is 0 Å². The van der Waals surface area contributed by atoms with Crippen molar-refractivity contribution in [1.29, 1.82) is 0 Å². The summed E-state index contributed by atoms with van der Waals surface area (Å²) in [6.45, 7) is 2.68. The van der Waals surface area contributed by atoms with Gasteiger partial charge in [0.15, 0.2) is 0 Å². The number of fused-ring (bicyclic) bond motifs is 2. The first-order chi connectivity index (χ1) is 8.58. The van der Waals surface area contributed by atoms with Crippen molar-refractivity contribution < 1.29 is 9.53 Å². The molecule has 0 aliphatic carbocycles. The highest BCUT2D eigenvalue weighted by atomic mass is 16.5. The van der Waals surface area contributed by atoms with Gasteiger partial charge in [0.25, 0.3) is 0 Å². The standard InChI is InChI=1S/C14H26N2O2/c1-10(18-3)9-16(2)14(17)8-11-6-12-4-5-13(7-11)15-12/h10-13,15H,4-9H2,1-3H3. The molecule has 2 aliphatic heterocycles. The molecule has 0 aromatic rings. The van der Waals surface area contributed by atoms with E-state index in [-0.39, 0.29) is 12.0 Å². The van der Waals surface area contributed by atoms with E-state index in [0.717, 1.165) is 0 Å². The summed E-state index contributed by atoms with van der Waals surface area (Å²) < 4.78 is 5.20. The molecule has 0 radical (unpaired) electrons. The van der Waals surface area contributed by atoms with Crippen LogP contribution in [0.2, 0.25) is 0 Å². The van der Waals surface area contributed by atoms with E-state index in [4.69, 9.17) is 4.74 Å². The van der Waals surface area contributed by atoms with Crippen molar-refractivity contribution in [2.24, 2.45) is 5.92 Å². The molecule has 3 atom stereocenters. The van der Waals surface area contributed by atoms with E-state index >= 15 is 0 Å². The maximum absolute atomic E-state index is 12.1. The van der Waals surface area contributed by atoms with Gasteiger partial charge in [-0.25, -0.2) is 0 Å².